The van der Waals surface area contributed by atoms with Gasteiger partial charge in [0.1, 0.15) is 11.5 Å². The van der Waals surface area contributed by atoms with E-state index in [0.717, 1.165) is 57.1 Å². The topological polar surface area (TPSA) is 83.2 Å². The van der Waals surface area contributed by atoms with Crippen LogP contribution in [0.15, 0.2) is 16.5 Å². The summed E-state index contributed by atoms with van der Waals surface area (Å²) in [4.78, 5) is 24.8. The standard InChI is InChI=1S/C17H26N2O3.C2HF3O2/c1-3-15-4-5-16(22-15)11-18-7-6-14-10-19(13(2)20)8-9-21-17(14)12-18;3-2(4,5)1(6)7/h4-5,14,17H,3,6-12H2,1-2H3;(H,6,7)/t14-,17-;/m1./s1. The van der Waals surface area contributed by atoms with Crippen molar-refractivity contribution in [3.05, 3.63) is 23.7 Å². The molecule has 2 saturated heterocycles. The van der Waals surface area contributed by atoms with E-state index in [1.165, 1.54) is 0 Å². The molecule has 3 heterocycles. The highest BCUT2D eigenvalue weighted by Crippen LogP contribution is 2.25. The first-order valence-corrected chi connectivity index (χ1v) is 9.57. The van der Waals surface area contributed by atoms with Gasteiger partial charge in [0.25, 0.3) is 0 Å². The van der Waals surface area contributed by atoms with Crippen LogP contribution >= 0.6 is 0 Å². The number of carbonyl (C=O) groups is 2. The third-order valence-corrected chi connectivity index (χ3v) is 5.06. The number of alkyl halides is 3. The molecular formula is C19H27F3N2O5. The Morgan fingerprint density at radius 3 is 2.41 bits per heavy atom. The molecule has 7 nitrogen and oxygen atoms in total. The number of fused-ring (bicyclic) bond motifs is 1. The highest BCUT2D eigenvalue weighted by Gasteiger charge is 2.38. The predicted octanol–water partition coefficient (Wildman–Crippen LogP) is 2.54. The van der Waals surface area contributed by atoms with E-state index in [0.29, 0.717) is 12.5 Å². The Morgan fingerprint density at radius 1 is 1.21 bits per heavy atom. The maximum Gasteiger partial charge on any atom is 0.490 e. The normalized spacial score (nSPS) is 22.9. The van der Waals surface area contributed by atoms with Crippen molar-refractivity contribution in [2.75, 3.05) is 32.8 Å². The van der Waals surface area contributed by atoms with Crippen molar-refractivity contribution in [3.63, 3.8) is 0 Å². The van der Waals surface area contributed by atoms with Gasteiger partial charge in [0.05, 0.1) is 19.3 Å². The highest BCUT2D eigenvalue weighted by atomic mass is 19.4. The molecule has 0 aromatic carbocycles. The Bertz CT molecular complexity index is 692. The summed E-state index contributed by atoms with van der Waals surface area (Å²) < 4.78 is 43.6. The minimum absolute atomic E-state index is 0.161. The van der Waals surface area contributed by atoms with E-state index in [9.17, 15) is 18.0 Å². The molecule has 0 radical (unpaired) electrons. The molecular weight excluding hydrogens is 393 g/mol. The number of piperidine rings is 1. The summed E-state index contributed by atoms with van der Waals surface area (Å²) in [6.07, 6.45) is -2.83. The first-order valence-electron chi connectivity index (χ1n) is 9.57. The summed E-state index contributed by atoms with van der Waals surface area (Å²) in [7, 11) is 0. The second-order valence-corrected chi connectivity index (χ2v) is 7.18. The lowest BCUT2D eigenvalue weighted by Crippen LogP contribution is -2.46. The molecule has 1 aromatic rings. The van der Waals surface area contributed by atoms with Gasteiger partial charge in [-0.2, -0.15) is 13.2 Å². The van der Waals surface area contributed by atoms with E-state index < -0.39 is 12.1 Å². The monoisotopic (exact) mass is 420 g/mol. The molecule has 3 rings (SSSR count). The van der Waals surface area contributed by atoms with Crippen molar-refractivity contribution in [1.29, 1.82) is 0 Å². The molecule has 0 bridgehead atoms. The van der Waals surface area contributed by atoms with Gasteiger partial charge in [-0.3, -0.25) is 9.69 Å². The quantitative estimate of drug-likeness (QED) is 0.809. The van der Waals surface area contributed by atoms with Crippen LogP contribution in [0.2, 0.25) is 0 Å². The van der Waals surface area contributed by atoms with Crippen LogP contribution in [0.25, 0.3) is 0 Å². The number of carboxylic acids is 1. The summed E-state index contributed by atoms with van der Waals surface area (Å²) in [5.41, 5.74) is 0. The van der Waals surface area contributed by atoms with Gasteiger partial charge in [-0.05, 0) is 25.1 Å². The van der Waals surface area contributed by atoms with Crippen LogP contribution in [0.1, 0.15) is 31.8 Å². The van der Waals surface area contributed by atoms with Crippen LogP contribution in [0.5, 0.6) is 0 Å². The average molecular weight is 420 g/mol. The zero-order valence-electron chi connectivity index (χ0n) is 16.6. The lowest BCUT2D eigenvalue weighted by atomic mass is 9.93. The average Bonchev–Trinajstić information content (AvgIpc) is 2.98. The number of amides is 1. The maximum atomic E-state index is 11.6. The van der Waals surface area contributed by atoms with Crippen LogP contribution < -0.4 is 0 Å². The molecule has 29 heavy (non-hydrogen) atoms. The summed E-state index contributed by atoms with van der Waals surface area (Å²) in [5.74, 6) is -0.0469. The first kappa shape index (κ1) is 23.2. The van der Waals surface area contributed by atoms with Crippen LogP contribution in [0, 0.1) is 5.92 Å². The first-order chi connectivity index (χ1) is 13.6. The summed E-state index contributed by atoms with van der Waals surface area (Å²) >= 11 is 0. The van der Waals surface area contributed by atoms with E-state index in [4.69, 9.17) is 19.1 Å². The van der Waals surface area contributed by atoms with Crippen molar-refractivity contribution in [3.8, 4) is 0 Å². The summed E-state index contributed by atoms with van der Waals surface area (Å²) in [6.45, 7) is 8.79. The van der Waals surface area contributed by atoms with Gasteiger partial charge < -0.3 is 19.2 Å². The van der Waals surface area contributed by atoms with Crippen LogP contribution in [0.3, 0.4) is 0 Å². The van der Waals surface area contributed by atoms with Crippen molar-refractivity contribution >= 4 is 11.9 Å². The molecule has 0 spiro atoms. The van der Waals surface area contributed by atoms with Gasteiger partial charge in [0.2, 0.25) is 5.91 Å². The summed E-state index contributed by atoms with van der Waals surface area (Å²) in [6, 6.07) is 4.14. The van der Waals surface area contributed by atoms with Gasteiger partial charge in [-0.1, -0.05) is 6.92 Å². The molecule has 2 aliphatic heterocycles. The van der Waals surface area contributed by atoms with E-state index in [2.05, 4.69) is 24.0 Å². The smallest absolute Gasteiger partial charge is 0.475 e. The number of likely N-dealkylation sites (tertiary alicyclic amines) is 1. The summed E-state index contributed by atoms with van der Waals surface area (Å²) in [5, 5.41) is 7.12. The van der Waals surface area contributed by atoms with Gasteiger partial charge in [0.15, 0.2) is 0 Å². The SMILES string of the molecule is CCc1ccc(CN2CC[C@@H]3CN(C(C)=O)CCO[C@@H]3C2)o1.O=C(O)C(F)(F)F. The molecule has 2 atom stereocenters. The molecule has 1 aromatic heterocycles. The Kier molecular flexibility index (Phi) is 8.09. The Hall–Kier alpha value is -2.07. The maximum absolute atomic E-state index is 11.6. The second-order valence-electron chi connectivity index (χ2n) is 7.18. The number of rotatable bonds is 3. The molecule has 2 aliphatic rings. The number of nitrogens with zero attached hydrogens (tertiary/aromatic N) is 2. The number of halogens is 3. The Labute approximate surface area is 167 Å². The minimum atomic E-state index is -5.08. The largest absolute Gasteiger partial charge is 0.490 e. The fourth-order valence-electron chi connectivity index (χ4n) is 3.46. The molecule has 2 fully saturated rings. The zero-order valence-corrected chi connectivity index (χ0v) is 16.6. The third kappa shape index (κ3) is 7.04. The third-order valence-electron chi connectivity index (χ3n) is 5.06. The minimum Gasteiger partial charge on any atom is -0.475 e. The fraction of sp³-hybridized carbons (Fsp3) is 0.684. The molecule has 164 valence electrons. The van der Waals surface area contributed by atoms with Gasteiger partial charge >= 0.3 is 12.1 Å². The lowest BCUT2D eigenvalue weighted by molar-refractivity contribution is -0.192. The fourth-order valence-corrected chi connectivity index (χ4v) is 3.46. The van der Waals surface area contributed by atoms with Gasteiger partial charge in [-0.15, -0.1) is 0 Å². The number of aliphatic carboxylic acids is 1. The number of furan rings is 1. The van der Waals surface area contributed by atoms with Crippen molar-refractivity contribution in [2.45, 2.75) is 45.5 Å². The number of aryl methyl sites for hydroxylation is 1. The molecule has 0 saturated carbocycles. The van der Waals surface area contributed by atoms with E-state index in [-0.39, 0.29) is 12.0 Å². The Morgan fingerprint density at radius 2 is 1.86 bits per heavy atom. The zero-order chi connectivity index (χ0) is 21.6. The highest BCUT2D eigenvalue weighted by molar-refractivity contribution is 5.73. The van der Waals surface area contributed by atoms with Gasteiger partial charge in [0, 0.05) is 38.9 Å². The van der Waals surface area contributed by atoms with Crippen LogP contribution in [-0.4, -0.2) is 71.8 Å². The van der Waals surface area contributed by atoms with E-state index in [1.807, 2.05) is 4.90 Å². The Balaban J connectivity index is 0.000000370. The molecule has 1 N–H and O–H groups in total. The number of hydrogen-bond acceptors (Lipinski definition) is 5. The number of carbonyl (C=O) groups excluding carboxylic acids is 1. The van der Waals surface area contributed by atoms with Crippen molar-refractivity contribution in [2.24, 2.45) is 5.92 Å². The van der Waals surface area contributed by atoms with Crippen LogP contribution in [0.4, 0.5) is 13.2 Å². The van der Waals surface area contributed by atoms with Gasteiger partial charge in [-0.25, -0.2) is 4.79 Å². The predicted molar refractivity (Wildman–Crippen MR) is 97.2 cm³/mol. The van der Waals surface area contributed by atoms with Crippen LogP contribution in [-0.2, 0) is 27.3 Å². The molecule has 0 aliphatic carbocycles. The number of carboxylic acid groups (broad SMARTS) is 1. The lowest BCUT2D eigenvalue weighted by Gasteiger charge is -2.37. The molecule has 1 amide bonds. The molecule has 10 heteroatoms. The molecule has 0 unspecified atom stereocenters. The van der Waals surface area contributed by atoms with E-state index >= 15 is 0 Å². The van der Waals surface area contributed by atoms with E-state index in [1.54, 1.807) is 6.92 Å². The second kappa shape index (κ2) is 10.1. The number of ether oxygens (including phenoxy) is 1. The van der Waals surface area contributed by atoms with Crippen molar-refractivity contribution < 1.29 is 37.0 Å². The van der Waals surface area contributed by atoms with Crippen molar-refractivity contribution in [1.82, 2.24) is 9.80 Å². The number of hydrogen-bond donors (Lipinski definition) is 1.